The van der Waals surface area contributed by atoms with Gasteiger partial charge in [-0.15, -0.1) is 0 Å². The van der Waals surface area contributed by atoms with Crippen LogP contribution in [0.3, 0.4) is 0 Å². The van der Waals surface area contributed by atoms with Crippen molar-refractivity contribution in [2.75, 3.05) is 13.9 Å². The predicted molar refractivity (Wildman–Crippen MR) is 370 cm³/mol. The number of allylic oxidation sites excluding steroid dienone is 4. The number of benzene rings is 2. The van der Waals surface area contributed by atoms with Crippen molar-refractivity contribution in [3.63, 3.8) is 0 Å². The summed E-state index contributed by atoms with van der Waals surface area (Å²) < 4.78 is 40.6. The van der Waals surface area contributed by atoms with E-state index in [1.807, 2.05) is 115 Å². The van der Waals surface area contributed by atoms with Gasteiger partial charge in [0.25, 0.3) is 0 Å². The second kappa shape index (κ2) is 37.4. The van der Waals surface area contributed by atoms with Crippen LogP contribution in [0.25, 0.3) is 34.1 Å². The molecule has 2 aromatic carbocycles. The van der Waals surface area contributed by atoms with E-state index in [1.54, 1.807) is 19.2 Å². The van der Waals surface area contributed by atoms with Gasteiger partial charge >= 0.3 is 23.4 Å². The number of carbonyl (C=O) groups is 2. The van der Waals surface area contributed by atoms with E-state index in [0.29, 0.717) is 17.6 Å². The highest BCUT2D eigenvalue weighted by Crippen LogP contribution is 2.42. The lowest BCUT2D eigenvalue weighted by Gasteiger charge is -2.44. The number of fused-ring (bicyclic) bond motifs is 2. The van der Waals surface area contributed by atoms with E-state index in [4.69, 9.17) is 43.7 Å². The van der Waals surface area contributed by atoms with Crippen LogP contribution in [0.1, 0.15) is 155 Å². The summed E-state index contributed by atoms with van der Waals surface area (Å²) in [5, 5.41) is 23.8. The molecule has 16 atom stereocenters. The van der Waals surface area contributed by atoms with Gasteiger partial charge in [-0.05, 0) is 105 Å². The topological polar surface area (TPSA) is 233 Å². The van der Waals surface area contributed by atoms with Crippen LogP contribution in [0, 0.1) is 59.2 Å². The number of hydrogen-bond donors (Lipinski definition) is 4. The Hall–Kier alpha value is -6.14. The number of methoxy groups -OCH3 is 1. The summed E-state index contributed by atoms with van der Waals surface area (Å²) in [6, 6.07) is 17.8. The van der Waals surface area contributed by atoms with Crippen molar-refractivity contribution in [3.05, 3.63) is 152 Å². The molecule has 500 valence electrons. The minimum Gasteiger partial charge on any atom is -0.445 e. The molecule has 0 fully saturated rings. The first-order valence-corrected chi connectivity index (χ1v) is 35.2. The van der Waals surface area contributed by atoms with E-state index in [2.05, 4.69) is 113 Å². The molecule has 15 nitrogen and oxygen atoms in total. The van der Waals surface area contributed by atoms with E-state index < -0.39 is 44.9 Å². The molecule has 2 aromatic heterocycles. The van der Waals surface area contributed by atoms with Crippen molar-refractivity contribution in [1.82, 2.24) is 0 Å². The van der Waals surface area contributed by atoms with Gasteiger partial charge in [-0.3, -0.25) is 0 Å². The Balaban J connectivity index is 0.000000482. The van der Waals surface area contributed by atoms with Crippen LogP contribution in [0.4, 0.5) is 9.59 Å². The lowest BCUT2D eigenvalue weighted by molar-refractivity contribution is -0.0947. The number of aliphatic hydroxyl groups is 2. The number of primary amides is 2. The summed E-state index contributed by atoms with van der Waals surface area (Å²) >= 11 is 0. The number of nitrogens with two attached hydrogens (primary N) is 2. The highest BCUT2D eigenvalue weighted by molar-refractivity contribution is 6.74. The lowest BCUT2D eigenvalue weighted by atomic mass is 9.81. The van der Waals surface area contributed by atoms with Crippen LogP contribution in [-0.4, -0.2) is 81.2 Å². The van der Waals surface area contributed by atoms with Gasteiger partial charge in [-0.25, -0.2) is 19.2 Å². The monoisotopic (exact) mass is 1260 g/mol. The summed E-state index contributed by atoms with van der Waals surface area (Å²) in [4.78, 5) is 46.9. The van der Waals surface area contributed by atoms with E-state index in [1.165, 1.54) is 17.7 Å². The summed E-state index contributed by atoms with van der Waals surface area (Å²) in [6.45, 7) is 40.3. The van der Waals surface area contributed by atoms with Crippen molar-refractivity contribution >= 4 is 54.6 Å². The second-order valence-corrected chi connectivity index (χ2v) is 31.7. The average Bonchev–Trinajstić information content (AvgIpc) is 0.922. The average molecular weight is 1270 g/mol. The van der Waals surface area contributed by atoms with Gasteiger partial charge < -0.3 is 53.9 Å². The first-order chi connectivity index (χ1) is 42.1. The fourth-order valence-corrected chi connectivity index (χ4v) is 13.2. The van der Waals surface area contributed by atoms with Crippen LogP contribution in [0.5, 0.6) is 0 Å². The number of amides is 2. The Morgan fingerprint density at radius 1 is 0.567 bits per heavy atom. The van der Waals surface area contributed by atoms with Gasteiger partial charge in [0, 0.05) is 77.4 Å². The summed E-state index contributed by atoms with van der Waals surface area (Å²) in [5.74, 6) is -0.580. The molecule has 6 N–H and O–H groups in total. The predicted octanol–water partition coefficient (Wildman–Crippen LogP) is 16.6. The van der Waals surface area contributed by atoms with E-state index in [0.717, 1.165) is 46.7 Å². The van der Waals surface area contributed by atoms with Gasteiger partial charge in [-0.1, -0.05) is 200 Å². The smallest absolute Gasteiger partial charge is 0.404 e. The molecular formula is C74H112N2O13Si. The van der Waals surface area contributed by atoms with Crippen molar-refractivity contribution in [2.45, 2.75) is 198 Å². The number of ether oxygens (including phenoxy) is 4. The van der Waals surface area contributed by atoms with Crippen LogP contribution < -0.4 is 22.7 Å². The SMILES string of the molecule is CC/C=C\C(C)[C@H](OC(N)=O)[C@@H](C)[C@H](O)[C@@H](C)C/C(C)=C\[C@H](C)[C@@H](O)C(C)/C=C\c1ccc2ccc(=O)oc2c1.CC/C=C\C(C)[C@H](OC(N)=O)[C@@H](C)[C@H](O[Si](C)(C)C(C)(C)C)[C@@H](C)C/C(C)=C\[C@H](C)[C@@H](OCOC)C(C)/C=C\c1ccc2ccc(=O)oc2c1. The molecule has 0 saturated heterocycles. The van der Waals surface area contributed by atoms with E-state index >= 15 is 0 Å². The molecule has 4 rings (SSSR count). The minimum absolute atomic E-state index is 0.00796. The van der Waals surface area contributed by atoms with Crippen LogP contribution in [0.15, 0.2) is 139 Å². The molecule has 16 heteroatoms. The maximum absolute atomic E-state index is 12.1. The van der Waals surface area contributed by atoms with Gasteiger partial charge in [0.05, 0.1) is 24.4 Å². The molecule has 2 amide bonds. The number of aliphatic hydroxyl groups excluding tert-OH is 2. The largest absolute Gasteiger partial charge is 0.445 e. The highest BCUT2D eigenvalue weighted by atomic mass is 28.4. The summed E-state index contributed by atoms with van der Waals surface area (Å²) in [5.41, 5.74) is 15.4. The van der Waals surface area contributed by atoms with Crippen molar-refractivity contribution in [3.8, 4) is 0 Å². The summed E-state index contributed by atoms with van der Waals surface area (Å²) in [6.07, 6.45) is 19.6. The molecule has 4 aromatic rings. The van der Waals surface area contributed by atoms with Gasteiger partial charge in [0.15, 0.2) is 8.32 Å². The van der Waals surface area contributed by atoms with Crippen molar-refractivity contribution in [2.24, 2.45) is 70.6 Å². The molecular weight excluding hydrogens is 1150 g/mol. The Labute approximate surface area is 539 Å². The van der Waals surface area contributed by atoms with Gasteiger partial charge in [0.2, 0.25) is 0 Å². The third-order valence-corrected chi connectivity index (χ3v) is 22.2. The molecule has 0 radical (unpaired) electrons. The molecule has 0 bridgehead atoms. The Morgan fingerprint density at radius 3 is 1.43 bits per heavy atom. The molecule has 4 unspecified atom stereocenters. The van der Waals surface area contributed by atoms with Crippen LogP contribution in [0.2, 0.25) is 18.1 Å². The van der Waals surface area contributed by atoms with E-state index in [9.17, 15) is 29.4 Å². The second-order valence-electron chi connectivity index (χ2n) is 26.9. The normalized spacial score (nSPS) is 18.4. The van der Waals surface area contributed by atoms with E-state index in [-0.39, 0.29) is 94.5 Å². The van der Waals surface area contributed by atoms with Crippen LogP contribution in [-0.2, 0) is 23.4 Å². The first-order valence-electron chi connectivity index (χ1n) is 32.3. The summed E-state index contributed by atoms with van der Waals surface area (Å²) in [7, 11) is -0.567. The molecule has 90 heavy (non-hydrogen) atoms. The zero-order valence-electron chi connectivity index (χ0n) is 57.9. The first kappa shape index (κ1) is 78.1. The number of hydrogen-bond acceptors (Lipinski definition) is 13. The molecule has 0 aliphatic heterocycles. The Morgan fingerprint density at radius 2 is 0.989 bits per heavy atom. The Bertz CT molecular complexity index is 3170. The fraction of sp³-hybridized carbons (Fsp3) is 0.568. The lowest BCUT2D eigenvalue weighted by Crippen LogP contribution is -2.50. The molecule has 0 saturated carbocycles. The minimum atomic E-state index is -2.20. The molecule has 2 heterocycles. The van der Waals surface area contributed by atoms with Gasteiger partial charge in [-0.2, -0.15) is 0 Å². The standard InChI is InChI=1S/C41H65NO7Si.C33H47NO6/c1-14-15-16-28(3)38(48-40(42)44)32(7)39(49-50(12,13)41(8,9)10)31(6)24-27(2)23-30(5)37(46-26-45-11)29(4)17-18-33-19-20-34-21-22-36(43)47-35(34)25-33;1-8-9-10-22(4)32(40-33(34)38)25(7)31(37)24(6)18-20(2)17-23(5)30(36)21(3)11-12-26-13-14-27-15-16-29(35)39-28(27)19-26/h15-23,25,28-32,37-39H,14,24,26H2,1-13H3,(H2,42,44);9-17,19,21-25,30-32,36-37H,8,18H2,1-7H3,(H2,34,38)/b16-15-,18-17-,27-23-;10-9-,12-11-,20-17-/t28?,29?,30-,31-,32+,37-,38-,39+;21?,22?,23-,24-,25-,30-,31+,32-/m00/s1. The molecule has 0 aliphatic carbocycles. The molecule has 0 spiro atoms. The fourth-order valence-electron chi connectivity index (χ4n) is 11.7. The van der Waals surface area contributed by atoms with Crippen molar-refractivity contribution < 1.29 is 52.0 Å². The van der Waals surface area contributed by atoms with Crippen LogP contribution >= 0.6 is 0 Å². The number of rotatable bonds is 33. The zero-order chi connectivity index (χ0) is 67.8. The van der Waals surface area contributed by atoms with Gasteiger partial charge in [0.1, 0.15) is 30.2 Å². The number of carbonyl (C=O) groups excluding carboxylic acids is 2. The highest BCUT2D eigenvalue weighted by Gasteiger charge is 2.44. The quantitative estimate of drug-likeness (QED) is 0.0151. The molecule has 0 aliphatic rings. The maximum atomic E-state index is 12.1. The van der Waals surface area contributed by atoms with Crippen molar-refractivity contribution in [1.29, 1.82) is 0 Å². The maximum Gasteiger partial charge on any atom is 0.404 e. The zero-order valence-corrected chi connectivity index (χ0v) is 58.9. The third-order valence-electron chi connectivity index (χ3n) is 17.7. The third kappa shape index (κ3) is 25.2. The Kier molecular flexibility index (Phi) is 32.4.